The second-order valence-electron chi connectivity index (χ2n) is 6.31. The van der Waals surface area contributed by atoms with Crippen LogP contribution in [0.2, 0.25) is 0 Å². The van der Waals surface area contributed by atoms with E-state index in [2.05, 4.69) is 15.2 Å². The maximum Gasteiger partial charge on any atom is 0.262 e. The highest BCUT2D eigenvalue weighted by Crippen LogP contribution is 2.30. The molecule has 0 bridgehead atoms. The lowest BCUT2D eigenvalue weighted by atomic mass is 10.1. The number of fused-ring (bicyclic) bond motifs is 1. The Kier molecular flexibility index (Phi) is 4.44. The summed E-state index contributed by atoms with van der Waals surface area (Å²) in [5.74, 6) is -0.347. The van der Waals surface area contributed by atoms with Gasteiger partial charge >= 0.3 is 0 Å². The van der Waals surface area contributed by atoms with Gasteiger partial charge < -0.3 is 10.2 Å². The Labute approximate surface area is 150 Å². The highest BCUT2D eigenvalue weighted by Gasteiger charge is 2.33. The van der Waals surface area contributed by atoms with Gasteiger partial charge in [0.05, 0.1) is 0 Å². The Morgan fingerprint density at radius 2 is 1.92 bits per heavy atom. The molecule has 0 aliphatic carbocycles. The highest BCUT2D eigenvalue weighted by molar-refractivity contribution is 8.15. The molecule has 2 aliphatic rings. The van der Waals surface area contributed by atoms with Crippen molar-refractivity contribution in [1.29, 1.82) is 0 Å². The number of thioether (sulfide) groups is 1. The van der Waals surface area contributed by atoms with E-state index in [9.17, 15) is 9.59 Å². The zero-order valence-corrected chi connectivity index (χ0v) is 14.6. The number of anilines is 1. The third-order valence-electron chi connectivity index (χ3n) is 4.54. The van der Waals surface area contributed by atoms with Crippen LogP contribution < -0.4 is 5.32 Å². The Hall–Kier alpha value is -2.34. The SMILES string of the molecule is O=C(CC1SC(N2CCCC2)=NC1=O)Nc1cccc2ccccc12. The first-order valence-electron chi connectivity index (χ1n) is 8.52. The standard InChI is InChI=1S/C19H19N3O2S/c23-17(20-15-9-5-7-13-6-1-2-8-14(13)15)12-16-18(24)21-19(25-16)22-10-3-4-11-22/h1-2,5-9,16H,3-4,10-12H2,(H,20,23). The number of hydrogen-bond donors (Lipinski definition) is 1. The van der Waals surface area contributed by atoms with Gasteiger partial charge in [-0.1, -0.05) is 48.2 Å². The van der Waals surface area contributed by atoms with Crippen molar-refractivity contribution in [2.24, 2.45) is 4.99 Å². The summed E-state index contributed by atoms with van der Waals surface area (Å²) in [5.41, 5.74) is 0.777. The zero-order valence-electron chi connectivity index (χ0n) is 13.8. The molecule has 2 amide bonds. The van der Waals surface area contributed by atoms with Crippen LogP contribution in [0, 0.1) is 0 Å². The second-order valence-corrected chi connectivity index (χ2v) is 7.48. The van der Waals surface area contributed by atoms with Crippen LogP contribution in [0.3, 0.4) is 0 Å². The molecule has 6 heteroatoms. The van der Waals surface area contributed by atoms with Gasteiger partial charge in [-0.25, -0.2) is 0 Å². The van der Waals surface area contributed by atoms with E-state index in [4.69, 9.17) is 0 Å². The Morgan fingerprint density at radius 3 is 2.76 bits per heavy atom. The number of likely N-dealkylation sites (tertiary alicyclic amines) is 1. The van der Waals surface area contributed by atoms with E-state index in [-0.39, 0.29) is 18.2 Å². The summed E-state index contributed by atoms with van der Waals surface area (Å²) in [7, 11) is 0. The molecule has 128 valence electrons. The van der Waals surface area contributed by atoms with Gasteiger partial charge in [0, 0.05) is 30.6 Å². The van der Waals surface area contributed by atoms with Crippen LogP contribution in [0.15, 0.2) is 47.5 Å². The molecule has 2 aromatic carbocycles. The molecule has 1 saturated heterocycles. The minimum Gasteiger partial charge on any atom is -0.351 e. The summed E-state index contributed by atoms with van der Waals surface area (Å²) in [5, 5.41) is 5.39. The topological polar surface area (TPSA) is 61.8 Å². The molecule has 1 atom stereocenters. The summed E-state index contributed by atoms with van der Waals surface area (Å²) < 4.78 is 0. The van der Waals surface area contributed by atoms with Crippen LogP contribution >= 0.6 is 11.8 Å². The fourth-order valence-corrected chi connectivity index (χ4v) is 4.37. The summed E-state index contributed by atoms with van der Waals surface area (Å²) in [6.07, 6.45) is 2.42. The van der Waals surface area contributed by atoms with Crippen molar-refractivity contribution in [3.63, 3.8) is 0 Å². The van der Waals surface area contributed by atoms with Gasteiger partial charge in [-0.05, 0) is 24.3 Å². The molecule has 1 N–H and O–H groups in total. The van der Waals surface area contributed by atoms with Crippen LogP contribution in [0.1, 0.15) is 19.3 Å². The molecule has 0 radical (unpaired) electrons. The van der Waals surface area contributed by atoms with Gasteiger partial charge in [0.1, 0.15) is 5.25 Å². The van der Waals surface area contributed by atoms with Gasteiger partial charge in [0.25, 0.3) is 5.91 Å². The average molecular weight is 353 g/mol. The van der Waals surface area contributed by atoms with Gasteiger partial charge in [0.2, 0.25) is 5.91 Å². The predicted molar refractivity (Wildman–Crippen MR) is 102 cm³/mol. The third kappa shape index (κ3) is 3.39. The van der Waals surface area contributed by atoms with Crippen molar-refractivity contribution in [3.8, 4) is 0 Å². The minimum atomic E-state index is -0.412. The molecular weight excluding hydrogens is 334 g/mol. The number of amides is 2. The lowest BCUT2D eigenvalue weighted by molar-refractivity contribution is -0.121. The molecular formula is C19H19N3O2S. The number of nitrogens with zero attached hydrogens (tertiary/aromatic N) is 2. The molecule has 2 heterocycles. The lowest BCUT2D eigenvalue weighted by Crippen LogP contribution is -2.25. The lowest BCUT2D eigenvalue weighted by Gasteiger charge is -2.16. The fourth-order valence-electron chi connectivity index (χ4n) is 3.26. The molecule has 1 fully saturated rings. The quantitative estimate of drug-likeness (QED) is 0.920. The number of carbonyl (C=O) groups is 2. The van der Waals surface area contributed by atoms with Gasteiger partial charge in [-0.2, -0.15) is 4.99 Å². The third-order valence-corrected chi connectivity index (χ3v) is 5.75. The Morgan fingerprint density at radius 1 is 1.16 bits per heavy atom. The minimum absolute atomic E-state index is 0.146. The summed E-state index contributed by atoms with van der Waals surface area (Å²) in [4.78, 5) is 30.9. The molecule has 0 spiro atoms. The van der Waals surface area contributed by atoms with E-state index in [1.807, 2.05) is 42.5 Å². The number of amidine groups is 1. The van der Waals surface area contributed by atoms with Gasteiger partial charge in [-0.15, -0.1) is 0 Å². The molecule has 0 saturated carbocycles. The predicted octanol–water partition coefficient (Wildman–Crippen LogP) is 3.26. The smallest absolute Gasteiger partial charge is 0.262 e. The molecule has 5 nitrogen and oxygen atoms in total. The monoisotopic (exact) mass is 353 g/mol. The normalized spacial score (nSPS) is 20.2. The fraction of sp³-hybridized carbons (Fsp3) is 0.316. The first-order valence-corrected chi connectivity index (χ1v) is 9.40. The molecule has 2 aliphatic heterocycles. The molecule has 25 heavy (non-hydrogen) atoms. The van der Waals surface area contributed by atoms with Crippen molar-refractivity contribution in [1.82, 2.24) is 4.90 Å². The molecule has 4 rings (SSSR count). The van der Waals surface area contributed by atoms with E-state index < -0.39 is 5.25 Å². The van der Waals surface area contributed by atoms with Crippen molar-refractivity contribution in [2.45, 2.75) is 24.5 Å². The number of aliphatic imine (C=N–C) groups is 1. The van der Waals surface area contributed by atoms with Crippen LogP contribution in [0.5, 0.6) is 0 Å². The number of hydrogen-bond acceptors (Lipinski definition) is 4. The average Bonchev–Trinajstić information content (AvgIpc) is 3.26. The number of carbonyl (C=O) groups excluding carboxylic acids is 2. The first-order chi connectivity index (χ1) is 12.2. The largest absolute Gasteiger partial charge is 0.351 e. The summed E-state index contributed by atoms with van der Waals surface area (Å²) in [6.45, 7) is 1.90. The van der Waals surface area contributed by atoms with Crippen molar-refractivity contribution in [2.75, 3.05) is 18.4 Å². The second kappa shape index (κ2) is 6.88. The Bertz CT molecular complexity index is 853. The zero-order chi connectivity index (χ0) is 17.2. The maximum absolute atomic E-state index is 12.4. The summed E-state index contributed by atoms with van der Waals surface area (Å²) in [6, 6.07) is 13.7. The van der Waals surface area contributed by atoms with Gasteiger partial charge in [-0.3, -0.25) is 9.59 Å². The van der Waals surface area contributed by atoms with E-state index in [1.165, 1.54) is 11.8 Å². The van der Waals surface area contributed by atoms with Crippen LogP contribution in [-0.2, 0) is 9.59 Å². The van der Waals surface area contributed by atoms with Crippen LogP contribution in [-0.4, -0.2) is 40.2 Å². The van der Waals surface area contributed by atoms with E-state index in [1.54, 1.807) is 0 Å². The van der Waals surface area contributed by atoms with Crippen LogP contribution in [0.25, 0.3) is 10.8 Å². The Balaban J connectivity index is 1.42. The maximum atomic E-state index is 12.4. The molecule has 0 aromatic heterocycles. The first kappa shape index (κ1) is 16.1. The van der Waals surface area contributed by atoms with Gasteiger partial charge in [0.15, 0.2) is 5.17 Å². The molecule has 2 aromatic rings. The van der Waals surface area contributed by atoms with Crippen molar-refractivity contribution >= 4 is 45.2 Å². The van der Waals surface area contributed by atoms with E-state index >= 15 is 0 Å². The number of rotatable bonds is 3. The summed E-state index contributed by atoms with van der Waals surface area (Å²) >= 11 is 1.42. The van der Waals surface area contributed by atoms with Crippen LogP contribution in [0.4, 0.5) is 5.69 Å². The van der Waals surface area contributed by atoms with E-state index in [0.717, 1.165) is 47.6 Å². The van der Waals surface area contributed by atoms with Crippen molar-refractivity contribution in [3.05, 3.63) is 42.5 Å². The highest BCUT2D eigenvalue weighted by atomic mass is 32.2. The van der Waals surface area contributed by atoms with E-state index in [0.29, 0.717) is 0 Å². The number of nitrogens with one attached hydrogen (secondary N) is 1. The molecule has 1 unspecified atom stereocenters. The number of benzene rings is 2. The van der Waals surface area contributed by atoms with Crippen molar-refractivity contribution < 1.29 is 9.59 Å².